The van der Waals surface area contributed by atoms with Crippen molar-refractivity contribution in [3.05, 3.63) is 35.4 Å². The number of hydrogen-bond acceptors (Lipinski definition) is 3. The van der Waals surface area contributed by atoms with Crippen LogP contribution < -0.4 is 10.6 Å². The van der Waals surface area contributed by atoms with E-state index in [0.29, 0.717) is 19.6 Å². The molecule has 1 aromatic carbocycles. The van der Waals surface area contributed by atoms with E-state index >= 15 is 0 Å². The topological polar surface area (TPSA) is 78.5 Å². The number of fused-ring (bicyclic) bond motifs is 1. The van der Waals surface area contributed by atoms with Crippen molar-refractivity contribution in [2.45, 2.75) is 19.9 Å². The number of rotatable bonds is 3. The van der Waals surface area contributed by atoms with Crippen LogP contribution in [0.2, 0.25) is 0 Å². The highest BCUT2D eigenvalue weighted by atomic mass is 16.2. The summed E-state index contributed by atoms with van der Waals surface area (Å²) in [6.45, 7) is 2.98. The number of carbonyl (C=O) groups is 3. The van der Waals surface area contributed by atoms with Gasteiger partial charge in [0.1, 0.15) is 0 Å². The molecular weight excluding hydrogens is 270 g/mol. The molecule has 3 amide bonds. The molecular formula is C15H19N3O3. The molecule has 0 spiro atoms. The zero-order chi connectivity index (χ0) is 15.2. The van der Waals surface area contributed by atoms with Gasteiger partial charge >= 0.3 is 11.8 Å². The lowest BCUT2D eigenvalue weighted by Gasteiger charge is -2.28. The first-order valence-electron chi connectivity index (χ1n) is 6.96. The minimum absolute atomic E-state index is 0.164. The summed E-state index contributed by atoms with van der Waals surface area (Å²) in [7, 11) is 0. The van der Waals surface area contributed by atoms with Crippen LogP contribution >= 0.6 is 0 Å². The van der Waals surface area contributed by atoms with E-state index < -0.39 is 11.8 Å². The smallest absolute Gasteiger partial charge is 0.312 e. The number of amides is 3. The zero-order valence-electron chi connectivity index (χ0n) is 12.0. The lowest BCUT2D eigenvalue weighted by Crippen LogP contribution is -2.46. The summed E-state index contributed by atoms with van der Waals surface area (Å²) >= 11 is 0. The molecule has 0 atom stereocenters. The molecule has 0 unspecified atom stereocenters. The molecule has 1 aliphatic rings. The predicted octanol–water partition coefficient (Wildman–Crippen LogP) is -0.176. The highest BCUT2D eigenvalue weighted by Crippen LogP contribution is 2.18. The van der Waals surface area contributed by atoms with E-state index in [1.165, 1.54) is 12.5 Å². The van der Waals surface area contributed by atoms with Gasteiger partial charge in [-0.05, 0) is 17.5 Å². The van der Waals surface area contributed by atoms with Crippen molar-refractivity contribution < 1.29 is 14.4 Å². The molecule has 6 heteroatoms. The van der Waals surface area contributed by atoms with Crippen molar-refractivity contribution in [1.29, 1.82) is 0 Å². The molecule has 1 aromatic rings. The first-order valence-corrected chi connectivity index (χ1v) is 6.96. The fourth-order valence-corrected chi connectivity index (χ4v) is 2.30. The Bertz CT molecular complexity index is 557. The van der Waals surface area contributed by atoms with E-state index in [1.54, 1.807) is 4.90 Å². The average Bonchev–Trinajstić information content (AvgIpc) is 2.50. The molecule has 21 heavy (non-hydrogen) atoms. The van der Waals surface area contributed by atoms with Crippen LogP contribution in [0.4, 0.5) is 0 Å². The van der Waals surface area contributed by atoms with Gasteiger partial charge in [-0.1, -0.05) is 24.3 Å². The van der Waals surface area contributed by atoms with Crippen LogP contribution in [-0.4, -0.2) is 42.3 Å². The van der Waals surface area contributed by atoms with E-state index in [4.69, 9.17) is 0 Å². The fourth-order valence-electron chi connectivity index (χ4n) is 2.30. The third-order valence-corrected chi connectivity index (χ3v) is 3.40. The van der Waals surface area contributed by atoms with Crippen molar-refractivity contribution in [2.75, 3.05) is 19.6 Å². The molecule has 0 fully saturated rings. The second-order valence-corrected chi connectivity index (χ2v) is 4.98. The maximum Gasteiger partial charge on any atom is 0.312 e. The molecule has 2 N–H and O–H groups in total. The van der Waals surface area contributed by atoms with Crippen molar-refractivity contribution in [2.24, 2.45) is 0 Å². The van der Waals surface area contributed by atoms with Crippen LogP contribution in [0.15, 0.2) is 24.3 Å². The van der Waals surface area contributed by atoms with Crippen LogP contribution in [0.5, 0.6) is 0 Å². The Morgan fingerprint density at radius 3 is 2.48 bits per heavy atom. The summed E-state index contributed by atoms with van der Waals surface area (Å²) in [5.74, 6) is -1.31. The summed E-state index contributed by atoms with van der Waals surface area (Å²) in [6, 6.07) is 7.93. The molecule has 6 nitrogen and oxygen atoms in total. The Morgan fingerprint density at radius 2 is 1.76 bits per heavy atom. The van der Waals surface area contributed by atoms with Gasteiger partial charge in [0, 0.05) is 33.1 Å². The molecule has 0 aliphatic carbocycles. The molecule has 1 aliphatic heterocycles. The maximum absolute atomic E-state index is 12.1. The zero-order valence-corrected chi connectivity index (χ0v) is 12.0. The van der Waals surface area contributed by atoms with Gasteiger partial charge in [-0.2, -0.15) is 0 Å². The minimum Gasteiger partial charge on any atom is -0.355 e. The van der Waals surface area contributed by atoms with Gasteiger partial charge in [0.2, 0.25) is 5.91 Å². The third kappa shape index (κ3) is 4.05. The van der Waals surface area contributed by atoms with Crippen molar-refractivity contribution in [3.63, 3.8) is 0 Å². The van der Waals surface area contributed by atoms with Gasteiger partial charge in [-0.3, -0.25) is 14.4 Å². The summed E-state index contributed by atoms with van der Waals surface area (Å²) in [4.78, 5) is 36.1. The lowest BCUT2D eigenvalue weighted by atomic mass is 10.00. The van der Waals surface area contributed by atoms with Gasteiger partial charge < -0.3 is 15.5 Å². The second kappa shape index (κ2) is 6.88. The summed E-state index contributed by atoms with van der Waals surface area (Å²) in [5.41, 5.74) is 2.32. The van der Waals surface area contributed by atoms with Crippen molar-refractivity contribution >= 4 is 17.7 Å². The average molecular weight is 289 g/mol. The SMILES string of the molecule is CC(=O)NCCNC(=O)C(=O)N1CCc2ccccc2C1. The summed E-state index contributed by atoms with van der Waals surface area (Å²) < 4.78 is 0. The Morgan fingerprint density at radius 1 is 1.10 bits per heavy atom. The van der Waals surface area contributed by atoms with Crippen LogP contribution in [0, 0.1) is 0 Å². The number of hydrogen-bond donors (Lipinski definition) is 2. The van der Waals surface area contributed by atoms with Gasteiger partial charge in [0.25, 0.3) is 0 Å². The van der Waals surface area contributed by atoms with E-state index in [0.717, 1.165) is 12.0 Å². The molecule has 112 valence electrons. The van der Waals surface area contributed by atoms with Crippen molar-refractivity contribution in [1.82, 2.24) is 15.5 Å². The molecule has 0 aromatic heterocycles. The van der Waals surface area contributed by atoms with Gasteiger partial charge in [-0.15, -0.1) is 0 Å². The standard InChI is InChI=1S/C15H19N3O3/c1-11(19)16-7-8-17-14(20)15(21)18-9-6-12-4-2-3-5-13(12)10-18/h2-5H,6-10H2,1H3,(H,16,19)(H,17,20). The van der Waals surface area contributed by atoms with Gasteiger partial charge in [0.15, 0.2) is 0 Å². The van der Waals surface area contributed by atoms with Crippen LogP contribution in [0.1, 0.15) is 18.1 Å². The van der Waals surface area contributed by atoms with Crippen LogP contribution in [0.3, 0.4) is 0 Å². The van der Waals surface area contributed by atoms with Crippen LogP contribution in [0.25, 0.3) is 0 Å². The van der Waals surface area contributed by atoms with Gasteiger partial charge in [0.05, 0.1) is 0 Å². The van der Waals surface area contributed by atoms with E-state index in [1.807, 2.05) is 24.3 Å². The molecule has 0 radical (unpaired) electrons. The molecule has 0 saturated carbocycles. The highest BCUT2D eigenvalue weighted by Gasteiger charge is 2.25. The van der Waals surface area contributed by atoms with E-state index in [9.17, 15) is 14.4 Å². The number of benzene rings is 1. The number of nitrogens with zero attached hydrogens (tertiary/aromatic N) is 1. The molecule has 1 heterocycles. The molecule has 2 rings (SSSR count). The van der Waals surface area contributed by atoms with Crippen LogP contribution in [-0.2, 0) is 27.3 Å². The summed E-state index contributed by atoms with van der Waals surface area (Å²) in [5, 5.41) is 5.07. The normalized spacial score (nSPS) is 13.3. The Labute approximate surface area is 123 Å². The quantitative estimate of drug-likeness (QED) is 0.599. The maximum atomic E-state index is 12.1. The van der Waals surface area contributed by atoms with E-state index in [-0.39, 0.29) is 12.5 Å². The first-order chi connectivity index (χ1) is 10.1. The summed E-state index contributed by atoms with van der Waals surface area (Å²) in [6.07, 6.45) is 0.765. The Hall–Kier alpha value is -2.37. The van der Waals surface area contributed by atoms with Crippen molar-refractivity contribution in [3.8, 4) is 0 Å². The van der Waals surface area contributed by atoms with Gasteiger partial charge in [-0.25, -0.2) is 0 Å². The largest absolute Gasteiger partial charge is 0.355 e. The first kappa shape index (κ1) is 15.0. The Balaban J connectivity index is 1.84. The Kier molecular flexibility index (Phi) is 4.92. The number of carbonyl (C=O) groups excluding carboxylic acids is 3. The highest BCUT2D eigenvalue weighted by molar-refractivity contribution is 6.35. The third-order valence-electron chi connectivity index (χ3n) is 3.40. The number of nitrogens with one attached hydrogen (secondary N) is 2. The lowest BCUT2D eigenvalue weighted by molar-refractivity contribution is -0.146. The predicted molar refractivity (Wildman–Crippen MR) is 77.3 cm³/mol. The minimum atomic E-state index is -0.625. The monoisotopic (exact) mass is 289 g/mol. The molecule has 0 saturated heterocycles. The molecule has 0 bridgehead atoms. The van der Waals surface area contributed by atoms with E-state index in [2.05, 4.69) is 10.6 Å². The fraction of sp³-hybridized carbons (Fsp3) is 0.400. The second-order valence-electron chi connectivity index (χ2n) is 4.98.